The van der Waals surface area contributed by atoms with Gasteiger partial charge in [0.25, 0.3) is 0 Å². The van der Waals surface area contributed by atoms with Gasteiger partial charge in [0.05, 0.1) is 5.92 Å². The molecule has 2 amide bonds. The van der Waals surface area contributed by atoms with Crippen LogP contribution in [0.5, 0.6) is 0 Å². The summed E-state index contributed by atoms with van der Waals surface area (Å²) >= 11 is 0. The van der Waals surface area contributed by atoms with Crippen molar-refractivity contribution in [1.82, 2.24) is 10.2 Å². The molecule has 1 saturated heterocycles. The van der Waals surface area contributed by atoms with Crippen LogP contribution in [0.3, 0.4) is 0 Å². The van der Waals surface area contributed by atoms with Gasteiger partial charge in [-0.1, -0.05) is 69.3 Å². The predicted octanol–water partition coefficient (Wildman–Crippen LogP) is 4.12. The molecule has 0 saturated carbocycles. The van der Waals surface area contributed by atoms with Gasteiger partial charge in [-0.2, -0.15) is 0 Å². The molecular formula is C27H32N2O5. The lowest BCUT2D eigenvalue weighted by Crippen LogP contribution is -2.43. The molecule has 0 spiro atoms. The Morgan fingerprint density at radius 1 is 1.03 bits per heavy atom. The summed E-state index contributed by atoms with van der Waals surface area (Å²) in [5, 5.41) is 12.2. The normalized spacial score (nSPS) is 20.1. The third-order valence-electron chi connectivity index (χ3n) is 7.13. The second kappa shape index (κ2) is 9.87. The first-order chi connectivity index (χ1) is 16.3. The van der Waals surface area contributed by atoms with Crippen LogP contribution in [0.15, 0.2) is 48.5 Å². The van der Waals surface area contributed by atoms with Crippen LogP contribution in [0, 0.1) is 17.8 Å². The van der Waals surface area contributed by atoms with Crippen LogP contribution < -0.4 is 5.32 Å². The average Bonchev–Trinajstić information content (AvgIpc) is 3.35. The van der Waals surface area contributed by atoms with E-state index < -0.39 is 24.0 Å². The Labute approximate surface area is 200 Å². The maximum Gasteiger partial charge on any atom is 0.407 e. The van der Waals surface area contributed by atoms with Gasteiger partial charge >= 0.3 is 12.1 Å². The third kappa shape index (κ3) is 4.79. The van der Waals surface area contributed by atoms with E-state index in [0.29, 0.717) is 6.54 Å². The molecule has 1 aliphatic carbocycles. The number of nitrogens with one attached hydrogen (secondary N) is 1. The number of carbonyl (C=O) groups excluding carboxylic acids is 2. The minimum Gasteiger partial charge on any atom is -0.481 e. The number of amides is 2. The van der Waals surface area contributed by atoms with Gasteiger partial charge in [-0.05, 0) is 34.1 Å². The van der Waals surface area contributed by atoms with Crippen molar-refractivity contribution in [3.05, 3.63) is 59.7 Å². The smallest absolute Gasteiger partial charge is 0.407 e. The number of aliphatic carboxylic acids is 1. The van der Waals surface area contributed by atoms with E-state index in [-0.39, 0.29) is 43.2 Å². The van der Waals surface area contributed by atoms with Crippen LogP contribution >= 0.6 is 0 Å². The number of benzene rings is 2. The Hall–Kier alpha value is -3.35. The highest BCUT2D eigenvalue weighted by molar-refractivity contribution is 5.81. The Morgan fingerprint density at radius 3 is 2.15 bits per heavy atom. The summed E-state index contributed by atoms with van der Waals surface area (Å²) in [5.41, 5.74) is 4.61. The zero-order valence-electron chi connectivity index (χ0n) is 19.9. The van der Waals surface area contributed by atoms with Crippen molar-refractivity contribution in [3.63, 3.8) is 0 Å². The quantitative estimate of drug-likeness (QED) is 0.643. The summed E-state index contributed by atoms with van der Waals surface area (Å²) in [7, 11) is 0. The molecule has 2 aliphatic rings. The van der Waals surface area contributed by atoms with Crippen LogP contribution in [0.1, 0.15) is 44.2 Å². The van der Waals surface area contributed by atoms with Gasteiger partial charge in [0, 0.05) is 31.5 Å². The molecule has 0 bridgehead atoms. The maximum atomic E-state index is 12.8. The second-order valence-corrected chi connectivity index (χ2v) is 9.75. The molecule has 180 valence electrons. The number of rotatable bonds is 7. The first-order valence-corrected chi connectivity index (χ1v) is 11.9. The van der Waals surface area contributed by atoms with Crippen LogP contribution in [-0.4, -0.2) is 53.7 Å². The number of hydrogen-bond acceptors (Lipinski definition) is 4. The molecule has 1 heterocycles. The summed E-state index contributed by atoms with van der Waals surface area (Å²) < 4.78 is 5.64. The van der Waals surface area contributed by atoms with E-state index in [9.17, 15) is 19.5 Å². The number of hydrogen-bond donors (Lipinski definition) is 2. The molecule has 1 fully saturated rings. The average molecular weight is 465 g/mol. The van der Waals surface area contributed by atoms with Gasteiger partial charge in [-0.3, -0.25) is 9.59 Å². The van der Waals surface area contributed by atoms with E-state index in [4.69, 9.17) is 4.74 Å². The summed E-state index contributed by atoms with van der Waals surface area (Å²) in [6.07, 6.45) is -0.437. The van der Waals surface area contributed by atoms with E-state index in [0.717, 1.165) is 22.3 Å². The first kappa shape index (κ1) is 23.8. The fraction of sp³-hybridized carbons (Fsp3) is 0.444. The van der Waals surface area contributed by atoms with E-state index in [1.165, 1.54) is 0 Å². The number of fused-ring (bicyclic) bond motifs is 3. The van der Waals surface area contributed by atoms with Crippen LogP contribution in [0.4, 0.5) is 4.79 Å². The largest absolute Gasteiger partial charge is 0.481 e. The highest BCUT2D eigenvalue weighted by Crippen LogP contribution is 2.44. The summed E-state index contributed by atoms with van der Waals surface area (Å²) in [4.78, 5) is 38.5. The zero-order valence-corrected chi connectivity index (χ0v) is 19.9. The molecule has 7 heteroatoms. The number of alkyl carbamates (subject to hydrolysis) is 1. The predicted molar refractivity (Wildman–Crippen MR) is 128 cm³/mol. The molecule has 7 nitrogen and oxygen atoms in total. The standard InChI is InChI=1S/C27H32N2O5/c1-16(2)24(12-25(30)29-13-17(3)22(14-29)26(31)32)28-27(33)34-15-23-20-10-6-4-8-18(20)19-9-5-7-11-21(19)23/h4-11,16-17,22-24H,12-15H2,1-3H3,(H,28,33)(H,31,32)/t17-,22-,24+/m0/s1. The van der Waals surface area contributed by atoms with E-state index >= 15 is 0 Å². The molecule has 3 atom stereocenters. The van der Waals surface area contributed by atoms with Crippen molar-refractivity contribution in [2.45, 2.75) is 39.2 Å². The lowest BCUT2D eigenvalue weighted by molar-refractivity contribution is -0.142. The third-order valence-corrected chi connectivity index (χ3v) is 7.13. The number of carboxylic acids is 1. The van der Waals surface area contributed by atoms with Crippen LogP contribution in [-0.2, 0) is 14.3 Å². The zero-order chi connectivity index (χ0) is 24.4. The Kier molecular flexibility index (Phi) is 6.91. The highest BCUT2D eigenvalue weighted by Gasteiger charge is 2.38. The van der Waals surface area contributed by atoms with Crippen molar-refractivity contribution in [2.75, 3.05) is 19.7 Å². The molecular weight excluding hydrogens is 432 g/mol. The maximum absolute atomic E-state index is 12.8. The molecule has 1 aliphatic heterocycles. The molecule has 2 aromatic rings. The van der Waals surface area contributed by atoms with Crippen molar-refractivity contribution in [3.8, 4) is 11.1 Å². The van der Waals surface area contributed by atoms with E-state index in [2.05, 4.69) is 29.6 Å². The fourth-order valence-corrected chi connectivity index (χ4v) is 5.05. The number of likely N-dealkylation sites (tertiary alicyclic amines) is 1. The molecule has 2 aromatic carbocycles. The monoisotopic (exact) mass is 464 g/mol. The van der Waals surface area contributed by atoms with Crippen molar-refractivity contribution in [1.29, 1.82) is 0 Å². The molecule has 4 rings (SSSR count). The van der Waals surface area contributed by atoms with Crippen molar-refractivity contribution < 1.29 is 24.2 Å². The van der Waals surface area contributed by atoms with Crippen molar-refractivity contribution >= 4 is 18.0 Å². The van der Waals surface area contributed by atoms with Gasteiger partial charge < -0.3 is 20.1 Å². The van der Waals surface area contributed by atoms with Gasteiger partial charge in [-0.15, -0.1) is 0 Å². The minimum atomic E-state index is -0.875. The van der Waals surface area contributed by atoms with Crippen LogP contribution in [0.2, 0.25) is 0 Å². The summed E-state index contributed by atoms with van der Waals surface area (Å²) in [5.74, 6) is -1.67. The molecule has 34 heavy (non-hydrogen) atoms. The fourth-order valence-electron chi connectivity index (χ4n) is 5.05. The molecule has 0 radical (unpaired) electrons. The van der Waals surface area contributed by atoms with E-state index in [1.807, 2.05) is 45.0 Å². The van der Waals surface area contributed by atoms with E-state index in [1.54, 1.807) is 4.90 Å². The Balaban J connectivity index is 1.36. The summed E-state index contributed by atoms with van der Waals surface area (Å²) in [6.45, 7) is 6.57. The van der Waals surface area contributed by atoms with Gasteiger partial charge in [0.2, 0.25) is 5.91 Å². The SMILES string of the molecule is CC(C)[C@@H](CC(=O)N1C[C@H](C(=O)O)[C@@H](C)C1)NC(=O)OCC1c2ccccc2-c2ccccc21. The lowest BCUT2D eigenvalue weighted by atomic mass is 9.98. The Bertz CT molecular complexity index is 1040. The van der Waals surface area contributed by atoms with Crippen LogP contribution in [0.25, 0.3) is 11.1 Å². The lowest BCUT2D eigenvalue weighted by Gasteiger charge is -2.25. The number of ether oxygens (including phenoxy) is 1. The minimum absolute atomic E-state index is 0.0136. The highest BCUT2D eigenvalue weighted by atomic mass is 16.5. The first-order valence-electron chi connectivity index (χ1n) is 11.9. The van der Waals surface area contributed by atoms with Crippen molar-refractivity contribution in [2.24, 2.45) is 17.8 Å². The number of carbonyl (C=O) groups is 3. The number of nitrogens with zero attached hydrogens (tertiary/aromatic N) is 1. The van der Waals surface area contributed by atoms with Gasteiger partial charge in [-0.25, -0.2) is 4.79 Å². The topological polar surface area (TPSA) is 95.9 Å². The van der Waals surface area contributed by atoms with Gasteiger partial charge in [0.15, 0.2) is 0 Å². The Morgan fingerprint density at radius 2 is 1.62 bits per heavy atom. The summed E-state index contributed by atoms with van der Waals surface area (Å²) in [6, 6.07) is 15.9. The molecule has 0 aromatic heterocycles. The number of carboxylic acid groups (broad SMARTS) is 1. The molecule has 0 unspecified atom stereocenters. The molecule has 2 N–H and O–H groups in total. The van der Waals surface area contributed by atoms with Gasteiger partial charge in [0.1, 0.15) is 6.61 Å². The second-order valence-electron chi connectivity index (χ2n) is 9.75.